The van der Waals surface area contributed by atoms with Crippen molar-refractivity contribution in [1.82, 2.24) is 19.6 Å². The zero-order chi connectivity index (χ0) is 26.4. The Labute approximate surface area is 216 Å². The molecule has 0 fully saturated rings. The van der Waals surface area contributed by atoms with Crippen LogP contribution in [0.2, 0.25) is 0 Å². The van der Waals surface area contributed by atoms with Gasteiger partial charge in [-0.15, -0.1) is 5.10 Å². The number of aliphatic hydroxyl groups is 1. The number of hydrogen-bond acceptors (Lipinski definition) is 4. The molecule has 1 aliphatic heterocycles. The van der Waals surface area contributed by atoms with E-state index in [0.29, 0.717) is 36.2 Å². The SMILES string of the molecule is O=C(O)Cc1c2n(c3ccccc13)C[C@H](n1nncc1C(O)(c1ccc(F)cc1)c1ccc(F)cc1)CC2. The minimum absolute atomic E-state index is 0.0586. The van der Waals surface area contributed by atoms with Gasteiger partial charge >= 0.3 is 5.97 Å². The summed E-state index contributed by atoms with van der Waals surface area (Å²) in [5.41, 5.74) is 2.11. The number of benzene rings is 3. The van der Waals surface area contributed by atoms with Crippen molar-refractivity contribution in [3.8, 4) is 0 Å². The van der Waals surface area contributed by atoms with Gasteiger partial charge in [-0.05, 0) is 59.9 Å². The van der Waals surface area contributed by atoms with Gasteiger partial charge in [0.1, 0.15) is 11.6 Å². The first kappa shape index (κ1) is 24.0. The molecule has 9 heteroatoms. The van der Waals surface area contributed by atoms with E-state index in [4.69, 9.17) is 0 Å². The standard InChI is InChI=1S/C29H24F2N4O3/c30-20-9-5-18(6-10-20)29(38,19-7-11-21(31)12-8-19)27-16-32-33-35(27)22-13-14-26-24(15-28(36)37)23-3-1-2-4-25(23)34(26)17-22/h1-12,16,22,38H,13-15,17H2,(H,36,37)/t22-/m1/s1. The number of rotatable bonds is 6. The molecule has 0 unspecified atom stereocenters. The zero-order valence-corrected chi connectivity index (χ0v) is 20.3. The Bertz CT molecular complexity index is 1600. The van der Waals surface area contributed by atoms with Crippen LogP contribution in [-0.4, -0.2) is 35.7 Å². The lowest BCUT2D eigenvalue weighted by atomic mass is 9.83. The smallest absolute Gasteiger partial charge is 0.307 e. The van der Waals surface area contributed by atoms with Crippen LogP contribution < -0.4 is 0 Å². The van der Waals surface area contributed by atoms with E-state index >= 15 is 0 Å². The van der Waals surface area contributed by atoms with Gasteiger partial charge in [0.15, 0.2) is 5.60 Å². The third-order valence-electron chi connectivity index (χ3n) is 7.45. The van der Waals surface area contributed by atoms with Crippen molar-refractivity contribution < 1.29 is 23.8 Å². The van der Waals surface area contributed by atoms with Crippen LogP contribution in [0.25, 0.3) is 10.9 Å². The van der Waals surface area contributed by atoms with Crippen LogP contribution in [0.3, 0.4) is 0 Å². The summed E-state index contributed by atoms with van der Waals surface area (Å²) < 4.78 is 31.4. The van der Waals surface area contributed by atoms with Crippen molar-refractivity contribution >= 4 is 16.9 Å². The van der Waals surface area contributed by atoms with Gasteiger partial charge in [-0.25, -0.2) is 13.5 Å². The van der Waals surface area contributed by atoms with Crippen LogP contribution >= 0.6 is 0 Å². The van der Waals surface area contributed by atoms with E-state index in [1.165, 1.54) is 54.7 Å². The van der Waals surface area contributed by atoms with E-state index in [1.807, 2.05) is 24.3 Å². The summed E-state index contributed by atoms with van der Waals surface area (Å²) in [6.07, 6.45) is 2.68. The second-order valence-electron chi connectivity index (χ2n) is 9.60. The average molecular weight is 515 g/mol. The van der Waals surface area contributed by atoms with Gasteiger partial charge in [0.05, 0.1) is 24.4 Å². The molecule has 0 saturated heterocycles. The second-order valence-corrected chi connectivity index (χ2v) is 9.60. The Kier molecular flexibility index (Phi) is 5.80. The lowest BCUT2D eigenvalue weighted by Crippen LogP contribution is -2.35. The van der Waals surface area contributed by atoms with E-state index in [-0.39, 0.29) is 12.5 Å². The Morgan fingerprint density at radius 2 is 1.61 bits per heavy atom. The summed E-state index contributed by atoms with van der Waals surface area (Å²) in [7, 11) is 0. The highest BCUT2D eigenvalue weighted by Gasteiger charge is 2.40. The number of hydrogen-bond donors (Lipinski definition) is 2. The van der Waals surface area contributed by atoms with Crippen LogP contribution in [0.15, 0.2) is 79.0 Å². The molecule has 5 aromatic rings. The molecule has 7 nitrogen and oxygen atoms in total. The van der Waals surface area contributed by atoms with Gasteiger partial charge in [-0.2, -0.15) is 0 Å². The second kappa shape index (κ2) is 9.18. The first-order valence-electron chi connectivity index (χ1n) is 12.3. The molecule has 0 aliphatic carbocycles. The van der Waals surface area contributed by atoms with Gasteiger partial charge in [-0.1, -0.05) is 47.7 Å². The molecule has 6 rings (SSSR count). The Hall–Kier alpha value is -4.37. The van der Waals surface area contributed by atoms with E-state index in [0.717, 1.165) is 22.2 Å². The average Bonchev–Trinajstić information content (AvgIpc) is 3.53. The summed E-state index contributed by atoms with van der Waals surface area (Å²) in [6.45, 7) is 0.495. The van der Waals surface area contributed by atoms with Crippen LogP contribution in [0.1, 0.15) is 40.5 Å². The number of halogens is 2. The van der Waals surface area contributed by atoms with Crippen LogP contribution in [0.4, 0.5) is 8.78 Å². The molecule has 0 amide bonds. The van der Waals surface area contributed by atoms with E-state index in [1.54, 1.807) is 4.68 Å². The third kappa shape index (κ3) is 3.86. The largest absolute Gasteiger partial charge is 0.481 e. The van der Waals surface area contributed by atoms with Crippen molar-refractivity contribution in [3.63, 3.8) is 0 Å². The molecule has 3 aromatic carbocycles. The number of para-hydroxylation sites is 1. The van der Waals surface area contributed by atoms with Crippen molar-refractivity contribution in [2.45, 2.75) is 37.5 Å². The number of carbonyl (C=O) groups is 1. The lowest BCUT2D eigenvalue weighted by Gasteiger charge is -2.33. The molecular formula is C29H24F2N4O3. The maximum atomic E-state index is 13.8. The number of aliphatic carboxylic acids is 1. The molecule has 0 saturated carbocycles. The van der Waals surface area contributed by atoms with E-state index < -0.39 is 23.2 Å². The molecule has 3 heterocycles. The lowest BCUT2D eigenvalue weighted by molar-refractivity contribution is -0.136. The highest BCUT2D eigenvalue weighted by atomic mass is 19.1. The zero-order valence-electron chi connectivity index (χ0n) is 20.3. The number of fused-ring (bicyclic) bond motifs is 3. The van der Waals surface area contributed by atoms with Gasteiger partial charge in [0.25, 0.3) is 0 Å². The normalized spacial score (nSPS) is 15.5. The Morgan fingerprint density at radius 3 is 2.24 bits per heavy atom. The molecule has 192 valence electrons. The Morgan fingerprint density at radius 1 is 0.974 bits per heavy atom. The summed E-state index contributed by atoms with van der Waals surface area (Å²) in [6, 6.07) is 18.6. The van der Waals surface area contributed by atoms with Crippen LogP contribution in [-0.2, 0) is 29.8 Å². The first-order chi connectivity index (χ1) is 18.4. The molecule has 1 aliphatic rings. The number of nitrogens with zero attached hydrogens (tertiary/aromatic N) is 4. The predicted octanol–water partition coefficient (Wildman–Crippen LogP) is 4.61. The molecule has 2 N–H and O–H groups in total. The molecule has 1 atom stereocenters. The molecule has 0 spiro atoms. The molecule has 2 aromatic heterocycles. The van der Waals surface area contributed by atoms with Crippen molar-refractivity contribution in [3.05, 3.63) is 119 Å². The van der Waals surface area contributed by atoms with Crippen molar-refractivity contribution in [1.29, 1.82) is 0 Å². The summed E-state index contributed by atoms with van der Waals surface area (Å²) in [5, 5.41) is 31.2. The maximum Gasteiger partial charge on any atom is 0.307 e. The van der Waals surface area contributed by atoms with E-state index in [9.17, 15) is 23.8 Å². The monoisotopic (exact) mass is 514 g/mol. The fourth-order valence-electron chi connectivity index (χ4n) is 5.69. The minimum Gasteiger partial charge on any atom is -0.481 e. The molecule has 38 heavy (non-hydrogen) atoms. The topological polar surface area (TPSA) is 93.2 Å². The summed E-state index contributed by atoms with van der Waals surface area (Å²) in [4.78, 5) is 11.6. The van der Waals surface area contributed by atoms with Gasteiger partial charge in [-0.3, -0.25) is 4.79 Å². The molecule has 0 radical (unpaired) electrons. The number of carboxylic acids is 1. The third-order valence-corrected chi connectivity index (χ3v) is 7.45. The van der Waals surface area contributed by atoms with Gasteiger partial charge in [0.2, 0.25) is 0 Å². The predicted molar refractivity (Wildman–Crippen MR) is 136 cm³/mol. The maximum absolute atomic E-state index is 13.8. The quantitative estimate of drug-likeness (QED) is 0.345. The number of aromatic nitrogens is 4. The van der Waals surface area contributed by atoms with Gasteiger partial charge < -0.3 is 14.8 Å². The fraction of sp³-hybridized carbons (Fsp3) is 0.207. The number of carboxylic acid groups (broad SMARTS) is 1. The summed E-state index contributed by atoms with van der Waals surface area (Å²) >= 11 is 0. The fourth-order valence-corrected chi connectivity index (χ4v) is 5.69. The van der Waals surface area contributed by atoms with Crippen LogP contribution in [0, 0.1) is 11.6 Å². The highest BCUT2D eigenvalue weighted by molar-refractivity contribution is 5.89. The minimum atomic E-state index is -1.78. The van der Waals surface area contributed by atoms with Crippen molar-refractivity contribution in [2.75, 3.05) is 0 Å². The summed E-state index contributed by atoms with van der Waals surface area (Å²) in [5.74, 6) is -1.77. The first-order valence-corrected chi connectivity index (χ1v) is 12.3. The highest BCUT2D eigenvalue weighted by Crippen LogP contribution is 2.40. The Balaban J connectivity index is 1.46. The van der Waals surface area contributed by atoms with Crippen molar-refractivity contribution in [2.24, 2.45) is 0 Å². The van der Waals surface area contributed by atoms with Crippen LogP contribution in [0.5, 0.6) is 0 Å². The van der Waals surface area contributed by atoms with Gasteiger partial charge in [0, 0.05) is 23.1 Å². The molecular weight excluding hydrogens is 490 g/mol. The molecule has 0 bridgehead atoms. The van der Waals surface area contributed by atoms with E-state index in [2.05, 4.69) is 14.9 Å².